The molecule has 0 aromatic heterocycles. The van der Waals surface area contributed by atoms with Gasteiger partial charge >= 0.3 is 0 Å². The summed E-state index contributed by atoms with van der Waals surface area (Å²) in [5.41, 5.74) is 5.35. The Bertz CT molecular complexity index is 244. The van der Waals surface area contributed by atoms with Crippen LogP contribution in [0.3, 0.4) is 0 Å². The largest absolute Gasteiger partial charge is 0.409 e. The van der Waals surface area contributed by atoms with Crippen LogP contribution in [0.5, 0.6) is 0 Å². The zero-order chi connectivity index (χ0) is 12.1. The number of hydrogen-bond donors (Lipinski definition) is 3. The first kappa shape index (κ1) is 13.7. The smallest absolute Gasteiger partial charge is 0.220 e. The fraction of sp³-hybridized carbons (Fsp3) is 0.800. The van der Waals surface area contributed by atoms with Gasteiger partial charge in [-0.05, 0) is 5.41 Å². The van der Waals surface area contributed by atoms with E-state index in [1.54, 1.807) is 6.92 Å². The van der Waals surface area contributed by atoms with Crippen LogP contribution in [-0.2, 0) is 4.79 Å². The Morgan fingerprint density at radius 3 is 2.47 bits per heavy atom. The first-order valence-electron chi connectivity index (χ1n) is 5.00. The third-order valence-corrected chi connectivity index (χ3v) is 1.92. The van der Waals surface area contributed by atoms with Gasteiger partial charge in [0.15, 0.2) is 0 Å². The van der Waals surface area contributed by atoms with Crippen LogP contribution >= 0.6 is 0 Å². The Kier molecular flexibility index (Phi) is 5.11. The molecule has 1 amide bonds. The molecule has 0 saturated carbocycles. The van der Waals surface area contributed by atoms with Gasteiger partial charge in [0, 0.05) is 18.9 Å². The van der Waals surface area contributed by atoms with Crippen LogP contribution in [0.2, 0.25) is 0 Å². The van der Waals surface area contributed by atoms with Crippen molar-refractivity contribution in [2.24, 2.45) is 22.2 Å². The Hall–Kier alpha value is -1.26. The van der Waals surface area contributed by atoms with Crippen molar-refractivity contribution in [3.63, 3.8) is 0 Å². The van der Waals surface area contributed by atoms with E-state index in [1.165, 1.54) is 0 Å². The number of nitrogens with zero attached hydrogens (tertiary/aromatic N) is 1. The average molecular weight is 215 g/mol. The van der Waals surface area contributed by atoms with Gasteiger partial charge in [0.2, 0.25) is 5.91 Å². The van der Waals surface area contributed by atoms with E-state index >= 15 is 0 Å². The molecule has 1 atom stereocenters. The SMILES string of the molecule is CC(CNC(=O)CC(C)(C)C)C(N)=NO. The van der Waals surface area contributed by atoms with Crippen LogP contribution in [-0.4, -0.2) is 23.5 Å². The molecule has 0 aliphatic heterocycles. The van der Waals surface area contributed by atoms with Gasteiger partial charge in [-0.1, -0.05) is 32.9 Å². The van der Waals surface area contributed by atoms with E-state index in [2.05, 4.69) is 10.5 Å². The van der Waals surface area contributed by atoms with Crippen molar-refractivity contribution in [3.8, 4) is 0 Å². The van der Waals surface area contributed by atoms with Gasteiger partial charge in [0.25, 0.3) is 0 Å². The van der Waals surface area contributed by atoms with E-state index in [4.69, 9.17) is 10.9 Å². The Morgan fingerprint density at radius 2 is 2.07 bits per heavy atom. The van der Waals surface area contributed by atoms with E-state index in [0.29, 0.717) is 13.0 Å². The molecule has 0 heterocycles. The number of amidine groups is 1. The van der Waals surface area contributed by atoms with Crippen LogP contribution in [0, 0.1) is 11.3 Å². The summed E-state index contributed by atoms with van der Waals surface area (Å²) in [5.74, 6) is -0.0370. The standard InChI is InChI=1S/C10H21N3O2/c1-7(9(11)13-15)6-12-8(14)5-10(2,3)4/h7,15H,5-6H2,1-4H3,(H2,11,13)(H,12,14). The van der Waals surface area contributed by atoms with Crippen molar-refractivity contribution in [2.45, 2.75) is 34.1 Å². The average Bonchev–Trinajstić information content (AvgIpc) is 2.10. The molecule has 0 aromatic rings. The number of rotatable bonds is 4. The quantitative estimate of drug-likeness (QED) is 0.282. The number of nitrogens with one attached hydrogen (secondary N) is 1. The van der Waals surface area contributed by atoms with Crippen molar-refractivity contribution >= 4 is 11.7 Å². The molecule has 0 rings (SSSR count). The third kappa shape index (κ3) is 6.76. The number of oxime groups is 1. The number of nitrogens with two attached hydrogens (primary N) is 1. The lowest BCUT2D eigenvalue weighted by Crippen LogP contribution is -2.36. The first-order chi connectivity index (χ1) is 6.76. The van der Waals surface area contributed by atoms with Crippen LogP contribution in [0.1, 0.15) is 34.1 Å². The van der Waals surface area contributed by atoms with Gasteiger partial charge in [-0.3, -0.25) is 4.79 Å². The summed E-state index contributed by atoms with van der Waals surface area (Å²) in [6.07, 6.45) is 0.468. The lowest BCUT2D eigenvalue weighted by molar-refractivity contribution is -0.122. The maximum Gasteiger partial charge on any atom is 0.220 e. The molecule has 0 bridgehead atoms. The number of carbonyl (C=O) groups excluding carboxylic acids is 1. The van der Waals surface area contributed by atoms with E-state index in [-0.39, 0.29) is 23.1 Å². The third-order valence-electron chi connectivity index (χ3n) is 1.92. The molecular weight excluding hydrogens is 194 g/mol. The fourth-order valence-electron chi connectivity index (χ4n) is 1.01. The van der Waals surface area contributed by atoms with Gasteiger partial charge in [-0.25, -0.2) is 0 Å². The van der Waals surface area contributed by atoms with E-state index in [1.807, 2.05) is 20.8 Å². The summed E-state index contributed by atoms with van der Waals surface area (Å²) >= 11 is 0. The highest BCUT2D eigenvalue weighted by atomic mass is 16.4. The van der Waals surface area contributed by atoms with E-state index < -0.39 is 0 Å². The Morgan fingerprint density at radius 1 is 1.53 bits per heavy atom. The molecule has 15 heavy (non-hydrogen) atoms. The van der Waals surface area contributed by atoms with E-state index in [0.717, 1.165) is 0 Å². The van der Waals surface area contributed by atoms with Crippen molar-refractivity contribution < 1.29 is 10.0 Å². The summed E-state index contributed by atoms with van der Waals surface area (Å²) in [6, 6.07) is 0. The number of hydrogen-bond acceptors (Lipinski definition) is 3. The predicted molar refractivity (Wildman–Crippen MR) is 59.7 cm³/mol. The van der Waals surface area contributed by atoms with Gasteiger partial charge in [0.1, 0.15) is 5.84 Å². The van der Waals surface area contributed by atoms with Crippen LogP contribution in [0.4, 0.5) is 0 Å². The summed E-state index contributed by atoms with van der Waals surface area (Å²) in [7, 11) is 0. The van der Waals surface area contributed by atoms with Gasteiger partial charge in [-0.15, -0.1) is 0 Å². The highest BCUT2D eigenvalue weighted by Crippen LogP contribution is 2.17. The Balaban J connectivity index is 3.92. The maximum atomic E-state index is 11.4. The molecule has 0 aliphatic rings. The molecule has 88 valence electrons. The van der Waals surface area contributed by atoms with Crippen LogP contribution < -0.4 is 11.1 Å². The molecule has 5 nitrogen and oxygen atoms in total. The molecule has 1 unspecified atom stereocenters. The molecule has 5 heteroatoms. The lowest BCUT2D eigenvalue weighted by atomic mass is 9.92. The highest BCUT2D eigenvalue weighted by Gasteiger charge is 2.16. The zero-order valence-electron chi connectivity index (χ0n) is 9.87. The molecule has 4 N–H and O–H groups in total. The predicted octanol–water partition coefficient (Wildman–Crippen LogP) is 0.921. The summed E-state index contributed by atoms with van der Waals surface area (Å²) in [4.78, 5) is 11.4. The molecular formula is C10H21N3O2. The molecule has 0 spiro atoms. The number of amides is 1. The normalized spacial score (nSPS) is 14.8. The lowest BCUT2D eigenvalue weighted by Gasteiger charge is -2.18. The fourth-order valence-corrected chi connectivity index (χ4v) is 1.01. The Labute approximate surface area is 90.7 Å². The second-order valence-electron chi connectivity index (χ2n) is 4.97. The number of carbonyl (C=O) groups is 1. The highest BCUT2D eigenvalue weighted by molar-refractivity contribution is 5.83. The van der Waals surface area contributed by atoms with Crippen LogP contribution in [0.15, 0.2) is 5.16 Å². The monoisotopic (exact) mass is 215 g/mol. The van der Waals surface area contributed by atoms with Gasteiger partial charge in [-0.2, -0.15) is 0 Å². The minimum atomic E-state index is -0.154. The summed E-state index contributed by atoms with van der Waals surface area (Å²) in [5, 5.41) is 14.0. The van der Waals surface area contributed by atoms with Crippen molar-refractivity contribution in [1.82, 2.24) is 5.32 Å². The molecule has 0 aromatic carbocycles. The second kappa shape index (κ2) is 5.58. The minimum Gasteiger partial charge on any atom is -0.409 e. The molecule has 0 radical (unpaired) electrons. The van der Waals surface area contributed by atoms with Crippen molar-refractivity contribution in [2.75, 3.05) is 6.54 Å². The molecule has 0 aliphatic carbocycles. The summed E-state index contributed by atoms with van der Waals surface area (Å²) < 4.78 is 0. The van der Waals surface area contributed by atoms with Crippen LogP contribution in [0.25, 0.3) is 0 Å². The van der Waals surface area contributed by atoms with Crippen molar-refractivity contribution in [1.29, 1.82) is 0 Å². The second-order valence-corrected chi connectivity index (χ2v) is 4.97. The minimum absolute atomic E-state index is 0.0138. The summed E-state index contributed by atoms with van der Waals surface area (Å²) in [6.45, 7) is 8.18. The van der Waals surface area contributed by atoms with Gasteiger partial charge in [0.05, 0.1) is 0 Å². The first-order valence-corrected chi connectivity index (χ1v) is 5.00. The molecule has 0 fully saturated rings. The topological polar surface area (TPSA) is 87.7 Å². The van der Waals surface area contributed by atoms with E-state index in [9.17, 15) is 4.79 Å². The van der Waals surface area contributed by atoms with Gasteiger partial charge < -0.3 is 16.3 Å². The maximum absolute atomic E-state index is 11.4. The molecule has 0 saturated heterocycles. The zero-order valence-corrected chi connectivity index (χ0v) is 9.87. The van der Waals surface area contributed by atoms with Crippen molar-refractivity contribution in [3.05, 3.63) is 0 Å².